The summed E-state index contributed by atoms with van der Waals surface area (Å²) in [6.07, 6.45) is 9.28. The number of nitriles is 1. The fraction of sp³-hybridized carbons (Fsp3) is 0.606. The topological polar surface area (TPSA) is 50.6 Å². The van der Waals surface area contributed by atoms with Crippen molar-refractivity contribution in [2.75, 3.05) is 50.9 Å². The standard InChI is InChI=1S/C33H46N4OS2/c1-4-8-30(35(2)40(3)38)21-33(25-34,27-9-6-5-7-10-27)28-17-19-36(20-18-28)22-26-23-37(24-26)29-11-13-31(14-12-29)39-32-15-16-32/h5-7,9-14,26,28,30,32H,4,8,15-24H2,1-3H3. The molecule has 0 radical (unpaired) electrons. The highest BCUT2D eigenvalue weighted by Crippen LogP contribution is 2.44. The van der Waals surface area contributed by atoms with Crippen LogP contribution in [0.15, 0.2) is 59.5 Å². The fourth-order valence-corrected chi connectivity index (χ4v) is 8.42. The number of hydrogen-bond donors (Lipinski definition) is 0. The maximum absolute atomic E-state index is 12.4. The molecule has 2 aliphatic heterocycles. The summed E-state index contributed by atoms with van der Waals surface area (Å²) in [7, 11) is 0.899. The molecule has 40 heavy (non-hydrogen) atoms. The van der Waals surface area contributed by atoms with Crippen LogP contribution in [0.3, 0.4) is 0 Å². The van der Waals surface area contributed by atoms with Gasteiger partial charge < -0.3 is 9.80 Å². The summed E-state index contributed by atoms with van der Waals surface area (Å²) in [4.78, 5) is 6.56. The van der Waals surface area contributed by atoms with Gasteiger partial charge in [-0.15, -0.1) is 11.8 Å². The zero-order chi connectivity index (χ0) is 28.1. The predicted octanol–water partition coefficient (Wildman–Crippen LogP) is 6.33. The smallest absolute Gasteiger partial charge is 0.0910 e. The molecule has 2 saturated heterocycles. The Labute approximate surface area is 248 Å². The Morgan fingerprint density at radius 2 is 1.75 bits per heavy atom. The molecule has 5 nitrogen and oxygen atoms in total. The highest BCUT2D eigenvalue weighted by atomic mass is 32.2. The van der Waals surface area contributed by atoms with E-state index in [0.29, 0.717) is 11.8 Å². The van der Waals surface area contributed by atoms with Crippen LogP contribution in [-0.4, -0.2) is 70.7 Å². The first-order valence-corrected chi connectivity index (χ1v) is 17.6. The average Bonchev–Trinajstić information content (AvgIpc) is 3.78. The predicted molar refractivity (Wildman–Crippen MR) is 169 cm³/mol. The van der Waals surface area contributed by atoms with E-state index in [1.807, 2.05) is 29.2 Å². The molecule has 2 heterocycles. The second-order valence-electron chi connectivity index (χ2n) is 12.2. The van der Waals surface area contributed by atoms with E-state index in [1.54, 1.807) is 6.26 Å². The summed E-state index contributed by atoms with van der Waals surface area (Å²) in [5.41, 5.74) is 1.93. The van der Waals surface area contributed by atoms with Gasteiger partial charge in [0.15, 0.2) is 0 Å². The van der Waals surface area contributed by atoms with Crippen LogP contribution in [0.2, 0.25) is 0 Å². The lowest BCUT2D eigenvalue weighted by molar-refractivity contribution is 0.113. The second kappa shape index (κ2) is 13.4. The van der Waals surface area contributed by atoms with Crippen molar-refractivity contribution in [2.24, 2.45) is 11.8 Å². The molecular weight excluding hydrogens is 533 g/mol. The van der Waals surface area contributed by atoms with Crippen molar-refractivity contribution in [3.8, 4) is 6.07 Å². The molecule has 216 valence electrons. The summed E-state index contributed by atoms with van der Waals surface area (Å²) in [6.45, 7) is 7.72. The van der Waals surface area contributed by atoms with Crippen LogP contribution < -0.4 is 4.90 Å². The molecule has 3 atom stereocenters. The number of hydrogen-bond acceptors (Lipinski definition) is 5. The molecule has 1 aliphatic carbocycles. The van der Waals surface area contributed by atoms with E-state index in [9.17, 15) is 9.47 Å². The van der Waals surface area contributed by atoms with Gasteiger partial charge in [-0.25, -0.2) is 8.51 Å². The van der Waals surface area contributed by atoms with Crippen LogP contribution in [-0.2, 0) is 16.4 Å². The minimum absolute atomic E-state index is 0.121. The number of benzene rings is 2. The first-order chi connectivity index (χ1) is 19.4. The highest BCUT2D eigenvalue weighted by molar-refractivity contribution is 8.00. The lowest BCUT2D eigenvalue weighted by atomic mass is 9.64. The normalized spacial score (nSPS) is 21.9. The Balaban J connectivity index is 1.18. The van der Waals surface area contributed by atoms with Crippen molar-refractivity contribution < 1.29 is 4.21 Å². The van der Waals surface area contributed by atoms with Crippen LogP contribution in [0.4, 0.5) is 5.69 Å². The zero-order valence-corrected chi connectivity index (χ0v) is 26.1. The van der Waals surface area contributed by atoms with Crippen LogP contribution in [0.5, 0.6) is 0 Å². The Morgan fingerprint density at radius 3 is 2.33 bits per heavy atom. The summed E-state index contributed by atoms with van der Waals surface area (Å²) in [5.74, 6) is 1.02. The van der Waals surface area contributed by atoms with Crippen molar-refractivity contribution in [1.82, 2.24) is 9.21 Å². The Hall–Kier alpha value is -1.85. The third kappa shape index (κ3) is 6.95. The van der Waals surface area contributed by atoms with E-state index in [4.69, 9.17) is 0 Å². The molecule has 0 N–H and O–H groups in total. The number of rotatable bonds is 13. The van der Waals surface area contributed by atoms with Gasteiger partial charge >= 0.3 is 0 Å². The van der Waals surface area contributed by atoms with Gasteiger partial charge in [0.25, 0.3) is 0 Å². The van der Waals surface area contributed by atoms with Gasteiger partial charge in [0.2, 0.25) is 0 Å². The number of anilines is 1. The van der Waals surface area contributed by atoms with Crippen LogP contribution >= 0.6 is 11.8 Å². The van der Waals surface area contributed by atoms with E-state index >= 15 is 0 Å². The van der Waals surface area contributed by atoms with Crippen molar-refractivity contribution in [3.05, 3.63) is 60.2 Å². The first kappa shape index (κ1) is 29.6. The van der Waals surface area contributed by atoms with Crippen molar-refractivity contribution in [2.45, 2.75) is 73.5 Å². The molecule has 7 heteroatoms. The monoisotopic (exact) mass is 578 g/mol. The molecular formula is C33H46N4OS2. The molecule has 0 bridgehead atoms. The van der Waals surface area contributed by atoms with Gasteiger partial charge in [0.1, 0.15) is 0 Å². The lowest BCUT2D eigenvalue weighted by Crippen LogP contribution is -2.53. The van der Waals surface area contributed by atoms with Gasteiger partial charge in [-0.3, -0.25) is 0 Å². The van der Waals surface area contributed by atoms with E-state index in [1.165, 1.54) is 23.4 Å². The molecule has 3 aliphatic rings. The van der Waals surface area contributed by atoms with Gasteiger partial charge in [-0.05, 0) is 87.4 Å². The fourth-order valence-electron chi connectivity index (χ4n) is 6.77. The summed E-state index contributed by atoms with van der Waals surface area (Å²) >= 11 is 2.03. The zero-order valence-electron chi connectivity index (χ0n) is 24.5. The minimum atomic E-state index is -1.05. The number of thioether (sulfide) groups is 1. The molecule has 0 aromatic heterocycles. The van der Waals surface area contributed by atoms with Gasteiger partial charge in [0.05, 0.1) is 22.5 Å². The van der Waals surface area contributed by atoms with Crippen molar-refractivity contribution >= 4 is 28.4 Å². The van der Waals surface area contributed by atoms with Crippen molar-refractivity contribution in [1.29, 1.82) is 5.26 Å². The molecule has 1 saturated carbocycles. The number of likely N-dealkylation sites (tertiary alicyclic amines) is 1. The van der Waals surface area contributed by atoms with E-state index in [-0.39, 0.29) is 6.04 Å². The maximum Gasteiger partial charge on any atom is 0.0910 e. The Kier molecular flexibility index (Phi) is 9.94. The molecule has 2 aromatic carbocycles. The van der Waals surface area contributed by atoms with Crippen LogP contribution in [0.25, 0.3) is 0 Å². The van der Waals surface area contributed by atoms with Crippen LogP contribution in [0.1, 0.15) is 57.4 Å². The molecule has 3 fully saturated rings. The second-order valence-corrected chi connectivity index (χ2v) is 15.0. The lowest BCUT2D eigenvalue weighted by Gasteiger charge is -2.46. The molecule has 0 spiro atoms. The first-order valence-electron chi connectivity index (χ1n) is 15.2. The van der Waals surface area contributed by atoms with Gasteiger partial charge in [-0.1, -0.05) is 43.7 Å². The molecule has 3 unspecified atom stereocenters. The highest BCUT2D eigenvalue weighted by Gasteiger charge is 2.45. The third-order valence-corrected chi connectivity index (χ3v) is 11.8. The largest absolute Gasteiger partial charge is 0.371 e. The quantitative estimate of drug-likeness (QED) is 0.278. The summed E-state index contributed by atoms with van der Waals surface area (Å²) < 4.78 is 14.4. The van der Waals surface area contributed by atoms with E-state index < -0.39 is 16.4 Å². The van der Waals surface area contributed by atoms with Gasteiger partial charge in [0, 0.05) is 60.7 Å². The molecule has 5 rings (SSSR count). The van der Waals surface area contributed by atoms with E-state index in [0.717, 1.165) is 75.6 Å². The third-order valence-electron chi connectivity index (χ3n) is 9.37. The van der Waals surface area contributed by atoms with Crippen molar-refractivity contribution in [3.63, 3.8) is 0 Å². The van der Waals surface area contributed by atoms with E-state index in [2.05, 4.69) is 71.3 Å². The Morgan fingerprint density at radius 1 is 1.07 bits per heavy atom. The SMILES string of the molecule is CCCC(CC(C#N)(c1ccccc1)C1CCN(CC2CN(c3ccc(SC4CC4)cc3)C2)CC1)N(C)S(C)=O. The van der Waals surface area contributed by atoms with Crippen LogP contribution in [0, 0.1) is 23.2 Å². The molecule has 2 aromatic rings. The number of piperidine rings is 1. The maximum atomic E-state index is 12.4. The summed E-state index contributed by atoms with van der Waals surface area (Å²) in [5, 5.41) is 11.7. The van der Waals surface area contributed by atoms with Gasteiger partial charge in [-0.2, -0.15) is 5.26 Å². The Bertz CT molecular complexity index is 1150. The minimum Gasteiger partial charge on any atom is -0.371 e. The molecule has 0 amide bonds. The number of nitrogens with zero attached hydrogens (tertiary/aromatic N) is 4. The average molecular weight is 579 g/mol. The summed E-state index contributed by atoms with van der Waals surface area (Å²) in [6, 6.07) is 22.6.